The van der Waals surface area contributed by atoms with Crippen molar-refractivity contribution in [2.24, 2.45) is 0 Å². The zero-order valence-corrected chi connectivity index (χ0v) is 16.2. The molecule has 1 aromatic heterocycles. The second-order valence-electron chi connectivity index (χ2n) is 6.84. The molecule has 0 N–H and O–H groups in total. The van der Waals surface area contributed by atoms with Gasteiger partial charge < -0.3 is 18.8 Å². The number of imidazole rings is 1. The molecule has 0 atom stereocenters. The predicted octanol–water partition coefficient (Wildman–Crippen LogP) is 4.25. The average molecular weight is 362 g/mol. The van der Waals surface area contributed by atoms with Crippen LogP contribution in [0.3, 0.4) is 0 Å². The van der Waals surface area contributed by atoms with Crippen LogP contribution in [-0.4, -0.2) is 40.7 Å². The van der Waals surface area contributed by atoms with Gasteiger partial charge in [0.25, 0.3) is 0 Å². The van der Waals surface area contributed by atoms with Crippen molar-refractivity contribution >= 4 is 11.8 Å². The van der Waals surface area contributed by atoms with Crippen LogP contribution in [0, 0.1) is 0 Å². The highest BCUT2D eigenvalue weighted by Gasteiger charge is 2.16. The van der Waals surface area contributed by atoms with E-state index in [2.05, 4.69) is 43.3 Å². The van der Waals surface area contributed by atoms with Gasteiger partial charge in [0.15, 0.2) is 16.7 Å². The Bertz CT molecular complexity index is 722. The standard InChI is InChI=1S/C19H26N2O3S/c1-5-21-15(13-20-18(21)25-11-10-24-19(2,3)4)14-6-7-16-17(12-14)23-9-8-22-16/h6-7,12-13H,5,8-11H2,1-4H3. The van der Waals surface area contributed by atoms with Crippen LogP contribution < -0.4 is 9.47 Å². The Morgan fingerprint density at radius 2 is 1.96 bits per heavy atom. The van der Waals surface area contributed by atoms with Gasteiger partial charge in [0.05, 0.1) is 24.1 Å². The molecule has 0 saturated carbocycles. The first-order valence-corrected chi connectivity index (χ1v) is 9.69. The third-order valence-corrected chi connectivity index (χ3v) is 4.78. The minimum atomic E-state index is -0.100. The molecule has 0 radical (unpaired) electrons. The van der Waals surface area contributed by atoms with Crippen molar-refractivity contribution in [1.82, 2.24) is 9.55 Å². The van der Waals surface area contributed by atoms with Gasteiger partial charge in [-0.05, 0) is 45.9 Å². The fourth-order valence-corrected chi connectivity index (χ4v) is 3.55. The summed E-state index contributed by atoms with van der Waals surface area (Å²) in [4.78, 5) is 4.61. The first-order valence-electron chi connectivity index (χ1n) is 8.70. The maximum absolute atomic E-state index is 5.79. The molecule has 25 heavy (non-hydrogen) atoms. The lowest BCUT2D eigenvalue weighted by atomic mass is 10.1. The number of ether oxygens (including phenoxy) is 3. The number of hydrogen-bond donors (Lipinski definition) is 0. The average Bonchev–Trinajstić information content (AvgIpc) is 3.00. The summed E-state index contributed by atoms with van der Waals surface area (Å²) in [5.74, 6) is 2.50. The number of nitrogens with zero attached hydrogens (tertiary/aromatic N) is 2. The van der Waals surface area contributed by atoms with Gasteiger partial charge in [-0.25, -0.2) is 4.98 Å². The highest BCUT2D eigenvalue weighted by molar-refractivity contribution is 7.99. The summed E-state index contributed by atoms with van der Waals surface area (Å²) in [5.41, 5.74) is 2.09. The van der Waals surface area contributed by atoms with Gasteiger partial charge in [0.2, 0.25) is 0 Å². The van der Waals surface area contributed by atoms with Crippen LogP contribution in [0.4, 0.5) is 0 Å². The smallest absolute Gasteiger partial charge is 0.168 e. The van der Waals surface area contributed by atoms with Crippen LogP contribution in [-0.2, 0) is 11.3 Å². The maximum atomic E-state index is 5.79. The van der Waals surface area contributed by atoms with E-state index in [4.69, 9.17) is 14.2 Å². The molecule has 0 bridgehead atoms. The molecule has 2 aromatic rings. The van der Waals surface area contributed by atoms with Crippen LogP contribution in [0.1, 0.15) is 27.7 Å². The predicted molar refractivity (Wildman–Crippen MR) is 101 cm³/mol. The molecule has 6 heteroatoms. The summed E-state index contributed by atoms with van der Waals surface area (Å²) >= 11 is 1.73. The van der Waals surface area contributed by atoms with Gasteiger partial charge in [0, 0.05) is 17.9 Å². The van der Waals surface area contributed by atoms with E-state index in [-0.39, 0.29) is 5.60 Å². The molecule has 2 heterocycles. The van der Waals surface area contributed by atoms with Crippen LogP contribution in [0.2, 0.25) is 0 Å². The molecule has 0 amide bonds. The van der Waals surface area contributed by atoms with Gasteiger partial charge in [-0.15, -0.1) is 0 Å². The van der Waals surface area contributed by atoms with E-state index in [1.807, 2.05) is 18.3 Å². The largest absolute Gasteiger partial charge is 0.486 e. The molecule has 0 saturated heterocycles. The molecule has 1 aromatic carbocycles. The van der Waals surface area contributed by atoms with E-state index < -0.39 is 0 Å². The van der Waals surface area contributed by atoms with Crippen LogP contribution in [0.5, 0.6) is 11.5 Å². The Balaban J connectivity index is 1.73. The van der Waals surface area contributed by atoms with Crippen molar-refractivity contribution in [3.05, 3.63) is 24.4 Å². The van der Waals surface area contributed by atoms with E-state index in [0.717, 1.165) is 40.2 Å². The lowest BCUT2D eigenvalue weighted by molar-refractivity contribution is 0.00692. The monoisotopic (exact) mass is 362 g/mol. The van der Waals surface area contributed by atoms with E-state index in [1.165, 1.54) is 0 Å². The number of rotatable bonds is 6. The van der Waals surface area contributed by atoms with Crippen molar-refractivity contribution in [2.45, 2.75) is 45.0 Å². The van der Waals surface area contributed by atoms with E-state index >= 15 is 0 Å². The highest BCUT2D eigenvalue weighted by atomic mass is 32.2. The van der Waals surface area contributed by atoms with Crippen LogP contribution in [0.15, 0.2) is 29.6 Å². The molecule has 0 spiro atoms. The number of thioether (sulfide) groups is 1. The van der Waals surface area contributed by atoms with E-state index in [1.54, 1.807) is 11.8 Å². The second-order valence-corrected chi connectivity index (χ2v) is 7.90. The molecule has 136 valence electrons. The van der Waals surface area contributed by atoms with Gasteiger partial charge in [-0.2, -0.15) is 0 Å². The molecule has 0 unspecified atom stereocenters. The van der Waals surface area contributed by atoms with Crippen molar-refractivity contribution in [2.75, 3.05) is 25.6 Å². The molecular weight excluding hydrogens is 336 g/mol. The second kappa shape index (κ2) is 7.70. The summed E-state index contributed by atoms with van der Waals surface area (Å²) in [7, 11) is 0. The van der Waals surface area contributed by atoms with Crippen LogP contribution >= 0.6 is 11.8 Å². The summed E-state index contributed by atoms with van der Waals surface area (Å²) in [6.07, 6.45) is 1.93. The third-order valence-electron chi connectivity index (χ3n) is 3.82. The van der Waals surface area contributed by atoms with Gasteiger partial charge in [-0.1, -0.05) is 11.8 Å². The lowest BCUT2D eigenvalue weighted by Gasteiger charge is -2.19. The molecule has 0 aliphatic carbocycles. The SMILES string of the molecule is CCn1c(-c2ccc3c(c2)OCCO3)cnc1SCCOC(C)(C)C. The minimum absolute atomic E-state index is 0.100. The number of aromatic nitrogens is 2. The van der Waals surface area contributed by atoms with Crippen molar-refractivity contribution in [3.63, 3.8) is 0 Å². The lowest BCUT2D eigenvalue weighted by Crippen LogP contribution is -2.20. The minimum Gasteiger partial charge on any atom is -0.486 e. The first kappa shape index (κ1) is 18.1. The topological polar surface area (TPSA) is 45.5 Å². The van der Waals surface area contributed by atoms with E-state index in [9.17, 15) is 0 Å². The highest BCUT2D eigenvalue weighted by Crippen LogP contribution is 2.35. The van der Waals surface area contributed by atoms with Gasteiger partial charge >= 0.3 is 0 Å². The molecular formula is C19H26N2O3S. The quantitative estimate of drug-likeness (QED) is 0.568. The van der Waals surface area contributed by atoms with Crippen molar-refractivity contribution in [1.29, 1.82) is 0 Å². The molecule has 3 rings (SSSR count). The Morgan fingerprint density at radius 1 is 1.20 bits per heavy atom. The summed E-state index contributed by atoms with van der Waals surface area (Å²) < 4.78 is 19.3. The maximum Gasteiger partial charge on any atom is 0.168 e. The van der Waals surface area contributed by atoms with Crippen molar-refractivity contribution in [3.8, 4) is 22.8 Å². The number of hydrogen-bond acceptors (Lipinski definition) is 5. The zero-order valence-electron chi connectivity index (χ0n) is 15.4. The van der Waals surface area contributed by atoms with Crippen molar-refractivity contribution < 1.29 is 14.2 Å². The van der Waals surface area contributed by atoms with Gasteiger partial charge in [-0.3, -0.25) is 0 Å². The third kappa shape index (κ3) is 4.50. The number of benzene rings is 1. The molecule has 5 nitrogen and oxygen atoms in total. The van der Waals surface area contributed by atoms with Crippen LogP contribution in [0.25, 0.3) is 11.3 Å². The Morgan fingerprint density at radius 3 is 2.68 bits per heavy atom. The normalized spacial score (nSPS) is 13.9. The summed E-state index contributed by atoms with van der Waals surface area (Å²) in [6.45, 7) is 11.1. The fourth-order valence-electron chi connectivity index (χ4n) is 2.69. The Kier molecular flexibility index (Phi) is 5.59. The molecule has 1 aliphatic heterocycles. The molecule has 0 fully saturated rings. The Labute approximate surface area is 153 Å². The first-order chi connectivity index (χ1) is 12.0. The summed E-state index contributed by atoms with van der Waals surface area (Å²) in [6, 6.07) is 6.07. The zero-order chi connectivity index (χ0) is 17.9. The molecule has 1 aliphatic rings. The summed E-state index contributed by atoms with van der Waals surface area (Å²) in [5, 5.41) is 1.02. The van der Waals surface area contributed by atoms with E-state index in [0.29, 0.717) is 19.8 Å². The fraction of sp³-hybridized carbons (Fsp3) is 0.526. The Hall–Kier alpha value is -1.66. The number of fused-ring (bicyclic) bond motifs is 1. The van der Waals surface area contributed by atoms with Gasteiger partial charge in [0.1, 0.15) is 13.2 Å².